The lowest BCUT2D eigenvalue weighted by molar-refractivity contribution is 0.463. The zero-order valence-electron chi connectivity index (χ0n) is 77.4. The summed E-state index contributed by atoms with van der Waals surface area (Å²) in [6.45, 7) is 29.2. The van der Waals surface area contributed by atoms with E-state index in [0.717, 1.165) is 125 Å². The van der Waals surface area contributed by atoms with Crippen molar-refractivity contribution in [3.63, 3.8) is 0 Å². The molecule has 0 saturated carbocycles. The Labute approximate surface area is 782 Å². The molecule has 8 aliphatic rings. The Hall–Kier alpha value is -14.6. The second-order valence-corrected chi connectivity index (χ2v) is 38.4. The monoisotopic (exact) mass is 1730 g/mol. The van der Waals surface area contributed by atoms with Gasteiger partial charge in [-0.3, -0.25) is 0 Å². The number of rotatable bonds is 11. The van der Waals surface area contributed by atoms with E-state index >= 15 is 0 Å². The standard InChI is InChI=1S/2C36H31BO2.C25H17BO2.C24H23BO2/c1-22(2)24-8-12-26(13-9-24)28-16-18-32-30(20-28)37-31-21-29(27-14-10-25(11-15-27)23(3)4)17-19-33(31)39-35-7-5-6-34(38-32)36(35)37;1-22(2)24-8-12-26(13-9-24)28-16-18-30-34(20-28)38-32-6-5-7-33-36(32)37(30)31-19-17-29(21-35(31)39-33)27-14-10-25(11-15-27)23(3)4;1-16-9-11-17(12-10-16)18-13-14-22-20(15-18)26-19-5-2-3-6-21(19)27-23-7-4-8-24(28-22)25(23)26;1-14(2)16-8-10-18-22(12-16)26-20-6-5-7-21-24(20)25(18)19-11-9-17(15(3)4)13-23(19)27-21/h2*5-23H,1-4H3;2-15H,1H3;5-15H,1-4H3. The quantitative estimate of drug-likeness (QED) is 0.119. The summed E-state index contributed by atoms with van der Waals surface area (Å²) in [6, 6.07) is 123. The molecule has 133 heavy (non-hydrogen) atoms. The number of hydrogen-bond acceptors (Lipinski definition) is 8. The van der Waals surface area contributed by atoms with Gasteiger partial charge in [-0.1, -0.05) is 337 Å². The number of fused-ring (bicyclic) bond motifs is 16. The maximum Gasteiger partial charge on any atom is 0.260 e. The van der Waals surface area contributed by atoms with E-state index in [4.69, 9.17) is 37.9 Å². The molecule has 0 bridgehead atoms. The molecule has 0 radical (unpaired) electrons. The van der Waals surface area contributed by atoms with Gasteiger partial charge in [0.2, 0.25) is 0 Å². The fraction of sp³-hybridized carbons (Fsp3) is 0.157. The SMILES string of the molecule is CC(C)c1ccc(-c2ccc3c(c2)B2c4cc(-c5ccc(C(C)C)cc5)ccc4Oc4cccc(c42)O3)cc1.CC(C)c1ccc(-c2ccc3c(c2)Oc2cccc4c2B3c2ccc(-c3ccc(C(C)C)cc3)cc2O4)cc1.CC(C)c1ccc2c(c1)Oc1cccc3c1B2c1ccc(C(C)C)cc1O3.Cc1ccc(-c2ccc3c(c2)B2c4ccccc4Oc4cccc(c42)O3)cc1. The third-order valence-corrected chi connectivity index (χ3v) is 27.9. The first-order chi connectivity index (χ1) is 64.7. The molecule has 0 amide bonds. The van der Waals surface area contributed by atoms with E-state index in [1.807, 2.05) is 60.7 Å². The van der Waals surface area contributed by atoms with Crippen molar-refractivity contribution in [2.24, 2.45) is 0 Å². The maximum atomic E-state index is 6.51. The topological polar surface area (TPSA) is 73.8 Å². The van der Waals surface area contributed by atoms with Crippen molar-refractivity contribution in [3.8, 4) is 148 Å². The molecule has 8 heterocycles. The molecule has 8 nitrogen and oxygen atoms in total. The summed E-state index contributed by atoms with van der Waals surface area (Å²) in [5.74, 6) is 17.5. The molecule has 17 aromatic rings. The molecule has 646 valence electrons. The van der Waals surface area contributed by atoms with Gasteiger partial charge >= 0.3 is 0 Å². The van der Waals surface area contributed by atoms with E-state index in [1.165, 1.54) is 127 Å². The minimum atomic E-state index is 0.0356. The van der Waals surface area contributed by atoms with E-state index < -0.39 is 0 Å². The van der Waals surface area contributed by atoms with Gasteiger partial charge in [-0.15, -0.1) is 0 Å². The van der Waals surface area contributed by atoms with Gasteiger partial charge in [-0.25, -0.2) is 0 Å². The molecule has 0 aromatic heterocycles. The van der Waals surface area contributed by atoms with Gasteiger partial charge in [0.1, 0.15) is 92.0 Å². The van der Waals surface area contributed by atoms with Crippen LogP contribution in [0.25, 0.3) is 55.6 Å². The zero-order chi connectivity index (χ0) is 90.7. The van der Waals surface area contributed by atoms with Crippen molar-refractivity contribution in [3.05, 3.63) is 385 Å². The molecule has 12 heteroatoms. The average Bonchev–Trinajstić information content (AvgIpc) is 0.737. The lowest BCUT2D eigenvalue weighted by Gasteiger charge is -2.33. The van der Waals surface area contributed by atoms with Gasteiger partial charge in [-0.2, -0.15) is 0 Å². The number of ether oxygens (including phenoxy) is 8. The van der Waals surface area contributed by atoms with Crippen molar-refractivity contribution in [1.29, 1.82) is 0 Å². The first kappa shape index (κ1) is 84.0. The highest BCUT2D eigenvalue weighted by Crippen LogP contribution is 2.44. The third kappa shape index (κ3) is 15.5. The second-order valence-electron chi connectivity index (χ2n) is 38.4. The van der Waals surface area contributed by atoms with Crippen LogP contribution >= 0.6 is 0 Å². The smallest absolute Gasteiger partial charge is 0.260 e. The normalized spacial score (nSPS) is 13.1. The number of hydrogen-bond donors (Lipinski definition) is 0. The Balaban J connectivity index is 0.000000105. The van der Waals surface area contributed by atoms with Gasteiger partial charge in [0.25, 0.3) is 26.9 Å². The minimum absolute atomic E-state index is 0.0356. The largest absolute Gasteiger partial charge is 0.458 e. The fourth-order valence-electron chi connectivity index (χ4n) is 20.3. The molecule has 25 rings (SSSR count). The van der Waals surface area contributed by atoms with Crippen LogP contribution in [0, 0.1) is 6.92 Å². The van der Waals surface area contributed by atoms with Crippen molar-refractivity contribution in [1.82, 2.24) is 0 Å². The first-order valence-corrected chi connectivity index (χ1v) is 47.2. The lowest BCUT2D eigenvalue weighted by Crippen LogP contribution is -2.57. The molecule has 0 N–H and O–H groups in total. The highest BCUT2D eigenvalue weighted by atomic mass is 16.5. The predicted molar refractivity (Wildman–Crippen MR) is 553 cm³/mol. The zero-order valence-corrected chi connectivity index (χ0v) is 77.4. The van der Waals surface area contributed by atoms with Crippen molar-refractivity contribution in [2.45, 2.75) is 126 Å². The summed E-state index contributed by atoms with van der Waals surface area (Å²) >= 11 is 0. The Bertz CT molecular complexity index is 7080. The molecular formula is C121H102B4O8. The van der Waals surface area contributed by atoms with Crippen LogP contribution in [0.1, 0.15) is 158 Å². The third-order valence-electron chi connectivity index (χ3n) is 27.9. The van der Waals surface area contributed by atoms with Crippen molar-refractivity contribution >= 4 is 92.4 Å². The fourth-order valence-corrected chi connectivity index (χ4v) is 20.3. The van der Waals surface area contributed by atoms with Crippen LogP contribution < -0.4 is 103 Å². The van der Waals surface area contributed by atoms with Gasteiger partial charge in [0, 0.05) is 21.9 Å². The van der Waals surface area contributed by atoms with Crippen LogP contribution in [-0.2, 0) is 0 Å². The van der Waals surface area contributed by atoms with E-state index in [1.54, 1.807) is 0 Å². The van der Waals surface area contributed by atoms with E-state index in [2.05, 4.69) is 375 Å². The van der Waals surface area contributed by atoms with Gasteiger partial charge < -0.3 is 37.9 Å². The van der Waals surface area contributed by atoms with Crippen LogP contribution in [0.5, 0.6) is 92.0 Å². The number of aryl methyl sites for hydroxylation is 1. The maximum absolute atomic E-state index is 6.51. The van der Waals surface area contributed by atoms with E-state index in [-0.39, 0.29) is 26.9 Å². The molecular weight excluding hydrogens is 1620 g/mol. The van der Waals surface area contributed by atoms with Crippen LogP contribution in [0.4, 0.5) is 0 Å². The molecule has 0 saturated heterocycles. The Morgan fingerprint density at radius 1 is 0.150 bits per heavy atom. The van der Waals surface area contributed by atoms with E-state index in [0.29, 0.717) is 35.5 Å². The van der Waals surface area contributed by atoms with Gasteiger partial charge in [0.15, 0.2) is 0 Å². The van der Waals surface area contributed by atoms with Crippen molar-refractivity contribution < 1.29 is 37.9 Å². The number of benzene rings is 17. The van der Waals surface area contributed by atoms with Crippen molar-refractivity contribution in [2.75, 3.05) is 0 Å². The minimum Gasteiger partial charge on any atom is -0.458 e. The predicted octanol–water partition coefficient (Wildman–Crippen LogP) is 25.0. The molecule has 0 atom stereocenters. The van der Waals surface area contributed by atoms with E-state index in [9.17, 15) is 0 Å². The highest BCUT2D eigenvalue weighted by Gasteiger charge is 2.45. The van der Waals surface area contributed by atoms with Crippen LogP contribution in [0.3, 0.4) is 0 Å². The first-order valence-electron chi connectivity index (χ1n) is 47.2. The van der Waals surface area contributed by atoms with Gasteiger partial charge in [0.05, 0.1) is 0 Å². The summed E-state index contributed by atoms with van der Waals surface area (Å²) < 4.78 is 51.0. The summed E-state index contributed by atoms with van der Waals surface area (Å²) in [7, 11) is 0. The summed E-state index contributed by atoms with van der Waals surface area (Å²) in [6.07, 6.45) is 0. The Morgan fingerprint density at radius 2 is 0.346 bits per heavy atom. The number of para-hydroxylation sites is 1. The van der Waals surface area contributed by atoms with Crippen LogP contribution in [0.15, 0.2) is 346 Å². The lowest BCUT2D eigenvalue weighted by atomic mass is 9.34. The van der Waals surface area contributed by atoms with Gasteiger partial charge in [-0.05, 0) is 272 Å². The second kappa shape index (κ2) is 34.3. The molecule has 17 aromatic carbocycles. The molecule has 8 aliphatic heterocycles. The summed E-state index contributed by atoms with van der Waals surface area (Å²) in [4.78, 5) is 0. The molecule has 0 unspecified atom stereocenters. The molecule has 0 spiro atoms. The Morgan fingerprint density at radius 3 is 0.639 bits per heavy atom. The highest BCUT2D eigenvalue weighted by molar-refractivity contribution is 7.00. The molecule has 0 aliphatic carbocycles. The van der Waals surface area contributed by atoms with Crippen LogP contribution in [-0.4, -0.2) is 26.9 Å². The summed E-state index contributed by atoms with van der Waals surface area (Å²) in [5.41, 5.74) is 35.3. The average molecular weight is 1730 g/mol. The summed E-state index contributed by atoms with van der Waals surface area (Å²) in [5, 5.41) is 0. The van der Waals surface area contributed by atoms with Crippen LogP contribution in [0.2, 0.25) is 0 Å². The molecule has 0 fully saturated rings. The Kier molecular flexibility index (Phi) is 21.6.